The summed E-state index contributed by atoms with van der Waals surface area (Å²) in [5.41, 5.74) is 2.54. The summed E-state index contributed by atoms with van der Waals surface area (Å²) in [5, 5.41) is 2.73. The van der Waals surface area contributed by atoms with Crippen LogP contribution in [0.1, 0.15) is 30.9 Å². The number of benzene rings is 1. The van der Waals surface area contributed by atoms with Gasteiger partial charge < -0.3 is 10.1 Å². The van der Waals surface area contributed by atoms with E-state index in [-0.39, 0.29) is 18.3 Å². The lowest BCUT2D eigenvalue weighted by Gasteiger charge is -2.06. The minimum atomic E-state index is -0.276. The van der Waals surface area contributed by atoms with Gasteiger partial charge in [-0.2, -0.15) is 0 Å². The molecule has 0 saturated carbocycles. The highest BCUT2D eigenvalue weighted by Gasteiger charge is 2.05. The van der Waals surface area contributed by atoms with E-state index in [0.29, 0.717) is 19.6 Å². The normalized spacial score (nSPS) is 10.2. The van der Waals surface area contributed by atoms with Gasteiger partial charge in [-0.05, 0) is 44.0 Å². The molecule has 0 unspecified atom stereocenters. The van der Waals surface area contributed by atoms with Gasteiger partial charge in [0.05, 0.1) is 13.0 Å². The summed E-state index contributed by atoms with van der Waals surface area (Å²) in [6.07, 6.45) is 0.671. The third kappa shape index (κ3) is 7.18. The van der Waals surface area contributed by atoms with Crippen LogP contribution in [0, 0.1) is 13.8 Å². The lowest BCUT2D eigenvalue weighted by Crippen LogP contribution is -2.26. The van der Waals surface area contributed by atoms with Crippen molar-refractivity contribution in [3.63, 3.8) is 0 Å². The summed E-state index contributed by atoms with van der Waals surface area (Å²) in [4.78, 5) is 23.9. The van der Waals surface area contributed by atoms with Gasteiger partial charge in [0.2, 0.25) is 5.91 Å². The Balaban J connectivity index is 2.18. The Morgan fingerprint density at radius 1 is 1.19 bits per heavy atom. The van der Waals surface area contributed by atoms with Crippen molar-refractivity contribution in [3.05, 3.63) is 29.3 Å². The third-order valence-corrected chi connectivity index (χ3v) is 4.03. The number of rotatable bonds is 8. The molecule has 1 amide bonds. The molecule has 0 heterocycles. The largest absolute Gasteiger partial charge is 0.466 e. The Kier molecular flexibility index (Phi) is 7.90. The Morgan fingerprint density at radius 2 is 1.95 bits per heavy atom. The van der Waals surface area contributed by atoms with Crippen LogP contribution in [0.25, 0.3) is 0 Å². The second-order valence-electron chi connectivity index (χ2n) is 4.75. The van der Waals surface area contributed by atoms with Gasteiger partial charge in [-0.25, -0.2) is 0 Å². The molecule has 1 aromatic rings. The number of esters is 1. The summed E-state index contributed by atoms with van der Waals surface area (Å²) in [6.45, 7) is 6.65. The summed E-state index contributed by atoms with van der Waals surface area (Å²) in [7, 11) is 0. The number of nitrogens with one attached hydrogen (secondary N) is 1. The minimum Gasteiger partial charge on any atom is -0.466 e. The molecule has 1 N–H and O–H groups in total. The monoisotopic (exact) mass is 309 g/mol. The molecule has 0 fully saturated rings. The second kappa shape index (κ2) is 9.45. The van der Waals surface area contributed by atoms with Crippen LogP contribution in [0.2, 0.25) is 0 Å². The van der Waals surface area contributed by atoms with E-state index in [1.807, 2.05) is 0 Å². The average molecular weight is 309 g/mol. The molecular weight excluding hydrogens is 286 g/mol. The van der Waals surface area contributed by atoms with E-state index in [2.05, 4.69) is 37.4 Å². The Labute approximate surface area is 130 Å². The first-order chi connectivity index (χ1) is 10.0. The molecule has 0 aliphatic heterocycles. The summed E-state index contributed by atoms with van der Waals surface area (Å²) in [5.74, 6) is 0.422. The maximum Gasteiger partial charge on any atom is 0.307 e. The van der Waals surface area contributed by atoms with E-state index in [1.165, 1.54) is 16.0 Å². The van der Waals surface area contributed by atoms with E-state index in [1.54, 1.807) is 18.7 Å². The number of ether oxygens (including phenoxy) is 1. The van der Waals surface area contributed by atoms with Crippen LogP contribution in [0.15, 0.2) is 23.1 Å². The van der Waals surface area contributed by atoms with Gasteiger partial charge in [0, 0.05) is 23.6 Å². The smallest absolute Gasteiger partial charge is 0.307 e. The van der Waals surface area contributed by atoms with Crippen LogP contribution >= 0.6 is 11.8 Å². The Morgan fingerprint density at radius 3 is 2.62 bits per heavy atom. The van der Waals surface area contributed by atoms with Crippen molar-refractivity contribution < 1.29 is 14.3 Å². The van der Waals surface area contributed by atoms with Crippen molar-refractivity contribution in [3.8, 4) is 0 Å². The third-order valence-electron chi connectivity index (χ3n) is 3.03. The van der Waals surface area contributed by atoms with Crippen LogP contribution in [0.5, 0.6) is 0 Å². The maximum atomic E-state index is 11.6. The van der Waals surface area contributed by atoms with Crippen LogP contribution < -0.4 is 5.32 Å². The second-order valence-corrected chi connectivity index (χ2v) is 5.92. The number of thioether (sulfide) groups is 1. The molecule has 116 valence electrons. The fraction of sp³-hybridized carbons (Fsp3) is 0.500. The Hall–Kier alpha value is -1.49. The van der Waals surface area contributed by atoms with Crippen molar-refractivity contribution >= 4 is 23.6 Å². The van der Waals surface area contributed by atoms with Crippen LogP contribution in [-0.4, -0.2) is 30.8 Å². The molecule has 0 saturated heterocycles. The average Bonchev–Trinajstić information content (AvgIpc) is 2.43. The number of aryl methyl sites for hydroxylation is 2. The Bertz CT molecular complexity index is 488. The maximum absolute atomic E-state index is 11.6. The molecule has 0 bridgehead atoms. The van der Waals surface area contributed by atoms with Gasteiger partial charge in [0.1, 0.15) is 0 Å². The van der Waals surface area contributed by atoms with Gasteiger partial charge in [-0.15, -0.1) is 11.8 Å². The van der Waals surface area contributed by atoms with E-state index < -0.39 is 0 Å². The molecule has 0 spiro atoms. The van der Waals surface area contributed by atoms with Crippen LogP contribution in [0.4, 0.5) is 0 Å². The fourth-order valence-corrected chi connectivity index (χ4v) is 2.64. The standard InChI is InChI=1S/C16H23NO3S/c1-4-20-16(19)7-9-17-15(18)8-10-21-14-6-5-12(2)13(3)11-14/h5-6,11H,4,7-10H2,1-3H3,(H,17,18). The molecular formula is C16H23NO3S. The van der Waals surface area contributed by atoms with Crippen molar-refractivity contribution in [2.45, 2.75) is 38.5 Å². The number of carbonyl (C=O) groups is 2. The molecule has 0 radical (unpaired) electrons. The lowest BCUT2D eigenvalue weighted by molar-refractivity contribution is -0.143. The summed E-state index contributed by atoms with van der Waals surface area (Å²) >= 11 is 1.67. The number of amides is 1. The van der Waals surface area contributed by atoms with E-state index >= 15 is 0 Å². The lowest BCUT2D eigenvalue weighted by atomic mass is 10.1. The van der Waals surface area contributed by atoms with Gasteiger partial charge in [0.25, 0.3) is 0 Å². The first-order valence-corrected chi connectivity index (χ1v) is 8.14. The first-order valence-electron chi connectivity index (χ1n) is 7.15. The van der Waals surface area contributed by atoms with Gasteiger partial charge >= 0.3 is 5.97 Å². The molecule has 5 heteroatoms. The molecule has 21 heavy (non-hydrogen) atoms. The zero-order valence-corrected chi connectivity index (χ0v) is 13.7. The number of hydrogen-bond acceptors (Lipinski definition) is 4. The van der Waals surface area contributed by atoms with Crippen molar-refractivity contribution in [2.24, 2.45) is 0 Å². The highest BCUT2D eigenvalue weighted by Crippen LogP contribution is 2.21. The van der Waals surface area contributed by atoms with Crippen LogP contribution in [0.3, 0.4) is 0 Å². The van der Waals surface area contributed by atoms with Crippen LogP contribution in [-0.2, 0) is 14.3 Å². The summed E-state index contributed by atoms with van der Waals surface area (Å²) < 4.78 is 4.79. The van der Waals surface area contributed by atoms with Crippen molar-refractivity contribution in [1.29, 1.82) is 0 Å². The van der Waals surface area contributed by atoms with Gasteiger partial charge in [-0.1, -0.05) is 6.07 Å². The van der Waals surface area contributed by atoms with Crippen molar-refractivity contribution in [1.82, 2.24) is 5.32 Å². The zero-order chi connectivity index (χ0) is 15.7. The van der Waals surface area contributed by atoms with Gasteiger partial charge in [0.15, 0.2) is 0 Å². The fourth-order valence-electron chi connectivity index (χ4n) is 1.69. The molecule has 1 aromatic carbocycles. The SMILES string of the molecule is CCOC(=O)CCNC(=O)CCSc1ccc(C)c(C)c1. The first kappa shape index (κ1) is 17.6. The number of carbonyl (C=O) groups excluding carboxylic acids is 2. The highest BCUT2D eigenvalue weighted by atomic mass is 32.2. The molecule has 0 atom stereocenters. The molecule has 0 aliphatic rings. The summed E-state index contributed by atoms with van der Waals surface area (Å²) in [6, 6.07) is 6.31. The van der Waals surface area contributed by atoms with E-state index in [0.717, 1.165) is 5.75 Å². The predicted octanol–water partition coefficient (Wildman–Crippen LogP) is 2.86. The molecule has 0 aliphatic carbocycles. The topological polar surface area (TPSA) is 55.4 Å². The van der Waals surface area contributed by atoms with E-state index in [4.69, 9.17) is 4.74 Å². The minimum absolute atomic E-state index is 0.0318. The molecule has 0 aromatic heterocycles. The number of hydrogen-bond donors (Lipinski definition) is 1. The quantitative estimate of drug-likeness (QED) is 0.592. The van der Waals surface area contributed by atoms with E-state index in [9.17, 15) is 9.59 Å². The molecule has 4 nitrogen and oxygen atoms in total. The van der Waals surface area contributed by atoms with Gasteiger partial charge in [-0.3, -0.25) is 9.59 Å². The predicted molar refractivity (Wildman–Crippen MR) is 85.5 cm³/mol. The highest BCUT2D eigenvalue weighted by molar-refractivity contribution is 7.99. The van der Waals surface area contributed by atoms with Crippen molar-refractivity contribution in [2.75, 3.05) is 18.9 Å². The molecule has 1 rings (SSSR count). The zero-order valence-electron chi connectivity index (χ0n) is 12.9.